The lowest BCUT2D eigenvalue weighted by Gasteiger charge is -2.20. The number of nitrogens with zero attached hydrogens (tertiary/aromatic N) is 2. The molecule has 0 spiro atoms. The highest BCUT2D eigenvalue weighted by Gasteiger charge is 2.10. The lowest BCUT2D eigenvalue weighted by Crippen LogP contribution is -2.35. The van der Waals surface area contributed by atoms with Crippen molar-refractivity contribution in [1.82, 2.24) is 15.3 Å². The first kappa shape index (κ1) is 16.8. The Bertz CT molecular complexity index is 393. The molecule has 6 nitrogen and oxygen atoms in total. The zero-order valence-corrected chi connectivity index (χ0v) is 13.1. The fourth-order valence-corrected chi connectivity index (χ4v) is 1.55. The van der Waals surface area contributed by atoms with E-state index in [0.717, 1.165) is 11.5 Å². The van der Waals surface area contributed by atoms with E-state index in [9.17, 15) is 0 Å². The van der Waals surface area contributed by atoms with Gasteiger partial charge in [0.05, 0.1) is 24.6 Å². The largest absolute Gasteiger partial charge is 0.382 e. The fraction of sp³-hybridized carbons (Fsp3) is 0.714. The third-order valence-electron chi connectivity index (χ3n) is 2.68. The van der Waals surface area contributed by atoms with E-state index in [2.05, 4.69) is 41.4 Å². The molecule has 0 bridgehead atoms. The monoisotopic (exact) mass is 282 g/mol. The van der Waals surface area contributed by atoms with Crippen LogP contribution in [0.3, 0.4) is 0 Å². The molecular weight excluding hydrogens is 256 g/mol. The van der Waals surface area contributed by atoms with Crippen LogP contribution in [-0.4, -0.2) is 49.0 Å². The summed E-state index contributed by atoms with van der Waals surface area (Å²) in [5.74, 6) is 0.747. The normalized spacial score (nSPS) is 13.2. The van der Waals surface area contributed by atoms with Crippen molar-refractivity contribution in [3.8, 4) is 0 Å². The number of hydrogen-bond acceptors (Lipinski definition) is 6. The predicted molar refractivity (Wildman–Crippen MR) is 79.8 cm³/mol. The molecule has 0 saturated heterocycles. The van der Waals surface area contributed by atoms with E-state index in [1.165, 1.54) is 0 Å². The van der Waals surface area contributed by atoms with Gasteiger partial charge in [-0.25, -0.2) is 4.98 Å². The summed E-state index contributed by atoms with van der Waals surface area (Å²) in [6.07, 6.45) is 3.48. The van der Waals surface area contributed by atoms with Crippen molar-refractivity contribution in [2.45, 2.75) is 39.0 Å². The molecule has 1 atom stereocenters. The maximum Gasteiger partial charge on any atom is 0.144 e. The highest BCUT2D eigenvalue weighted by molar-refractivity contribution is 5.31. The maximum absolute atomic E-state index is 5.29. The Morgan fingerprint density at radius 3 is 2.60 bits per heavy atom. The van der Waals surface area contributed by atoms with Gasteiger partial charge in [-0.3, -0.25) is 4.98 Å². The zero-order valence-electron chi connectivity index (χ0n) is 13.1. The summed E-state index contributed by atoms with van der Waals surface area (Å²) >= 11 is 0. The lowest BCUT2D eigenvalue weighted by atomic mass is 10.1. The van der Waals surface area contributed by atoms with Crippen molar-refractivity contribution < 1.29 is 9.47 Å². The van der Waals surface area contributed by atoms with E-state index in [1.807, 2.05) is 0 Å². The topological polar surface area (TPSA) is 68.3 Å². The van der Waals surface area contributed by atoms with E-state index in [0.29, 0.717) is 19.7 Å². The molecule has 20 heavy (non-hydrogen) atoms. The molecule has 6 heteroatoms. The number of aromatic nitrogens is 2. The summed E-state index contributed by atoms with van der Waals surface area (Å²) in [4.78, 5) is 8.71. The number of rotatable bonds is 8. The van der Waals surface area contributed by atoms with Gasteiger partial charge in [0.2, 0.25) is 0 Å². The van der Waals surface area contributed by atoms with Crippen LogP contribution in [0.1, 0.15) is 26.5 Å². The van der Waals surface area contributed by atoms with Gasteiger partial charge >= 0.3 is 0 Å². The third kappa shape index (κ3) is 6.79. The molecule has 0 aliphatic heterocycles. The Hall–Kier alpha value is -1.24. The van der Waals surface area contributed by atoms with Crippen LogP contribution in [-0.2, 0) is 16.0 Å². The van der Waals surface area contributed by atoms with Gasteiger partial charge in [0, 0.05) is 39.0 Å². The highest BCUT2D eigenvalue weighted by atomic mass is 16.5. The summed E-state index contributed by atoms with van der Waals surface area (Å²) in [6, 6.07) is 0. The maximum atomic E-state index is 5.29. The average molecular weight is 282 g/mol. The second-order valence-corrected chi connectivity index (χ2v) is 5.69. The number of ether oxygens (including phenoxy) is 2. The van der Waals surface area contributed by atoms with Crippen molar-refractivity contribution in [3.63, 3.8) is 0 Å². The first-order chi connectivity index (χ1) is 9.44. The summed E-state index contributed by atoms with van der Waals surface area (Å²) in [7, 11) is 3.32. The SMILES string of the molecule is COCC(CNc1cncc(CNC(C)(C)C)n1)OC. The molecule has 2 N–H and O–H groups in total. The van der Waals surface area contributed by atoms with Crippen molar-refractivity contribution in [2.24, 2.45) is 0 Å². The number of methoxy groups -OCH3 is 2. The fourth-order valence-electron chi connectivity index (χ4n) is 1.55. The first-order valence-electron chi connectivity index (χ1n) is 6.76. The first-order valence-corrected chi connectivity index (χ1v) is 6.76. The van der Waals surface area contributed by atoms with Crippen LogP contribution in [0, 0.1) is 0 Å². The Balaban J connectivity index is 2.51. The quantitative estimate of drug-likeness (QED) is 0.752. The van der Waals surface area contributed by atoms with E-state index >= 15 is 0 Å². The lowest BCUT2D eigenvalue weighted by molar-refractivity contribution is 0.0365. The van der Waals surface area contributed by atoms with Gasteiger partial charge in [0.15, 0.2) is 0 Å². The molecule has 1 aromatic rings. The van der Waals surface area contributed by atoms with Crippen LogP contribution in [0.5, 0.6) is 0 Å². The zero-order chi connectivity index (χ0) is 15.0. The minimum absolute atomic E-state index is 0.00171. The van der Waals surface area contributed by atoms with Gasteiger partial charge in [-0.15, -0.1) is 0 Å². The second kappa shape index (κ2) is 8.14. The van der Waals surface area contributed by atoms with Crippen molar-refractivity contribution >= 4 is 5.82 Å². The predicted octanol–water partition coefficient (Wildman–Crippen LogP) is 1.44. The standard InChI is InChI=1S/C14H26N4O2/c1-14(2,3)17-7-11-6-15-9-13(18-11)16-8-12(20-5)10-19-4/h6,9,12,17H,7-8,10H2,1-5H3,(H,16,18). The van der Waals surface area contributed by atoms with E-state index in [-0.39, 0.29) is 11.6 Å². The second-order valence-electron chi connectivity index (χ2n) is 5.69. The minimum atomic E-state index is -0.00171. The highest BCUT2D eigenvalue weighted by Crippen LogP contribution is 2.05. The molecule has 1 aromatic heterocycles. The Morgan fingerprint density at radius 1 is 1.25 bits per heavy atom. The Morgan fingerprint density at radius 2 is 2.00 bits per heavy atom. The van der Waals surface area contributed by atoms with Crippen molar-refractivity contribution in [3.05, 3.63) is 18.1 Å². The van der Waals surface area contributed by atoms with Gasteiger partial charge in [0.25, 0.3) is 0 Å². The Labute approximate surface area is 121 Å². The van der Waals surface area contributed by atoms with Crippen molar-refractivity contribution in [2.75, 3.05) is 32.7 Å². The molecule has 0 fully saturated rings. The van der Waals surface area contributed by atoms with Gasteiger partial charge in [-0.1, -0.05) is 0 Å². The Kier molecular flexibility index (Phi) is 6.84. The molecular formula is C14H26N4O2. The molecule has 1 unspecified atom stereocenters. The molecule has 1 rings (SSSR count). The van der Waals surface area contributed by atoms with Crippen LogP contribution in [0.4, 0.5) is 5.82 Å². The summed E-state index contributed by atoms with van der Waals surface area (Å²) in [6.45, 7) is 8.23. The molecule has 114 valence electrons. The number of anilines is 1. The van der Waals surface area contributed by atoms with Crippen LogP contribution in [0.25, 0.3) is 0 Å². The average Bonchev–Trinajstić information content (AvgIpc) is 2.41. The molecule has 0 aliphatic rings. The summed E-state index contributed by atoms with van der Waals surface area (Å²) in [5, 5.41) is 6.60. The van der Waals surface area contributed by atoms with Crippen LogP contribution in [0.2, 0.25) is 0 Å². The molecule has 1 heterocycles. The minimum Gasteiger partial charge on any atom is -0.382 e. The summed E-state index contributed by atoms with van der Waals surface area (Å²) < 4.78 is 10.4. The molecule has 0 saturated carbocycles. The molecule has 0 aliphatic carbocycles. The third-order valence-corrected chi connectivity index (χ3v) is 2.68. The van der Waals surface area contributed by atoms with Crippen molar-refractivity contribution in [1.29, 1.82) is 0 Å². The smallest absolute Gasteiger partial charge is 0.144 e. The van der Waals surface area contributed by atoms with Gasteiger partial charge in [0.1, 0.15) is 5.82 Å². The van der Waals surface area contributed by atoms with Crippen LogP contribution < -0.4 is 10.6 Å². The van der Waals surface area contributed by atoms with E-state index in [4.69, 9.17) is 9.47 Å². The van der Waals surface area contributed by atoms with Crippen LogP contribution >= 0.6 is 0 Å². The molecule has 0 aromatic carbocycles. The van der Waals surface area contributed by atoms with Gasteiger partial charge in [-0.05, 0) is 20.8 Å². The van der Waals surface area contributed by atoms with Gasteiger partial charge < -0.3 is 20.1 Å². The van der Waals surface area contributed by atoms with Gasteiger partial charge in [-0.2, -0.15) is 0 Å². The van der Waals surface area contributed by atoms with E-state index in [1.54, 1.807) is 26.6 Å². The van der Waals surface area contributed by atoms with E-state index < -0.39 is 0 Å². The van der Waals surface area contributed by atoms with Crippen LogP contribution in [0.15, 0.2) is 12.4 Å². The number of nitrogens with one attached hydrogen (secondary N) is 2. The molecule has 0 amide bonds. The summed E-state index contributed by atoms with van der Waals surface area (Å²) in [5.41, 5.74) is 0.968. The number of hydrogen-bond donors (Lipinski definition) is 2. The molecule has 0 radical (unpaired) electrons.